The van der Waals surface area contributed by atoms with E-state index in [0.717, 1.165) is 0 Å². The van der Waals surface area contributed by atoms with Crippen molar-refractivity contribution in [3.05, 3.63) is 0 Å². The molecule has 16 heavy (non-hydrogen) atoms. The van der Waals surface area contributed by atoms with Gasteiger partial charge in [-0.25, -0.2) is 0 Å². The summed E-state index contributed by atoms with van der Waals surface area (Å²) in [6.07, 6.45) is -0.0819. The molecule has 0 aromatic carbocycles. The fraction of sp³-hybridized carbons (Fsp3) is 1.00. The molecule has 0 aromatic heterocycles. The second-order valence-corrected chi connectivity index (χ2v) is 8.52. The molecule has 2 unspecified atom stereocenters. The van der Waals surface area contributed by atoms with Crippen molar-refractivity contribution in [3.8, 4) is 0 Å². The third-order valence-corrected chi connectivity index (χ3v) is 6.42. The molecule has 2 nitrogen and oxygen atoms in total. The van der Waals surface area contributed by atoms with Crippen LogP contribution in [0.15, 0.2) is 0 Å². The molecule has 1 rings (SSSR count). The van der Waals surface area contributed by atoms with E-state index in [-0.39, 0.29) is 18.0 Å². The average Bonchev–Trinajstić information content (AvgIpc) is 2.16. The Kier molecular flexibility index (Phi) is 5.31. The molecule has 1 aliphatic heterocycles. The van der Waals surface area contributed by atoms with E-state index in [1.54, 1.807) is 0 Å². The van der Waals surface area contributed by atoms with Gasteiger partial charge >= 0.3 is 0 Å². The second-order valence-electron chi connectivity index (χ2n) is 5.51. The number of ether oxygens (including phenoxy) is 2. The molecular weight excluding hydrogens is 239 g/mol. The fourth-order valence-electron chi connectivity index (χ4n) is 1.79. The maximum absolute atomic E-state index is 6.00. The highest BCUT2D eigenvalue weighted by atomic mass is 32.4. The SMILES string of the molecule is CC(C)C1OC(C(C)C)[P+](=S)C(C(C)C)O1. The van der Waals surface area contributed by atoms with Gasteiger partial charge in [0.25, 0.3) is 0 Å². The van der Waals surface area contributed by atoms with Crippen LogP contribution in [0.2, 0.25) is 0 Å². The van der Waals surface area contributed by atoms with Gasteiger partial charge in [0.1, 0.15) is 0 Å². The smallest absolute Gasteiger partial charge is 0.238 e. The lowest BCUT2D eigenvalue weighted by atomic mass is 10.2. The van der Waals surface area contributed by atoms with Gasteiger partial charge in [0, 0.05) is 17.8 Å². The molecule has 0 bridgehead atoms. The van der Waals surface area contributed by atoms with E-state index in [4.69, 9.17) is 21.3 Å². The first-order valence-electron chi connectivity index (χ1n) is 6.11. The van der Waals surface area contributed by atoms with Crippen LogP contribution in [0.5, 0.6) is 0 Å². The highest BCUT2D eigenvalue weighted by molar-refractivity contribution is 8.05. The quantitative estimate of drug-likeness (QED) is 0.719. The lowest BCUT2D eigenvalue weighted by Gasteiger charge is -2.34. The van der Waals surface area contributed by atoms with E-state index in [2.05, 4.69) is 41.5 Å². The minimum absolute atomic E-state index is 0.0819. The Morgan fingerprint density at radius 3 is 1.44 bits per heavy atom. The Balaban J connectivity index is 2.84. The maximum atomic E-state index is 6.00. The Morgan fingerprint density at radius 2 is 1.19 bits per heavy atom. The van der Waals surface area contributed by atoms with Gasteiger partial charge in [-0.05, 0) is 0 Å². The van der Waals surface area contributed by atoms with E-state index < -0.39 is 6.70 Å². The summed E-state index contributed by atoms with van der Waals surface area (Å²) < 4.78 is 12.0. The van der Waals surface area contributed by atoms with Crippen molar-refractivity contribution in [1.29, 1.82) is 0 Å². The standard InChI is InChI=1S/C12H24O2PS/c1-7(2)10-13-11(8(3)4)15(16)12(14-10)9(5)6/h7-12H,1-6H3/q+1. The van der Waals surface area contributed by atoms with E-state index in [0.29, 0.717) is 17.8 Å². The Hall–Kier alpha value is 0.440. The predicted molar refractivity (Wildman–Crippen MR) is 72.3 cm³/mol. The molecule has 0 aliphatic carbocycles. The van der Waals surface area contributed by atoms with Crippen LogP contribution in [0.3, 0.4) is 0 Å². The number of hydrogen-bond donors (Lipinski definition) is 0. The summed E-state index contributed by atoms with van der Waals surface area (Å²) >= 11 is 5.64. The average molecular weight is 263 g/mol. The molecular formula is C12H24O2PS+. The predicted octanol–water partition coefficient (Wildman–Crippen LogP) is 3.92. The second kappa shape index (κ2) is 5.86. The summed E-state index contributed by atoms with van der Waals surface area (Å²) in [5.74, 6) is 1.77. The zero-order chi connectivity index (χ0) is 12.5. The molecule has 0 spiro atoms. The molecule has 1 aliphatic rings. The zero-order valence-corrected chi connectivity index (χ0v) is 12.8. The first-order chi connectivity index (χ1) is 7.34. The molecule has 2 atom stereocenters. The summed E-state index contributed by atoms with van der Waals surface area (Å²) in [4.78, 5) is 0. The van der Waals surface area contributed by atoms with Crippen molar-refractivity contribution in [1.82, 2.24) is 0 Å². The monoisotopic (exact) mass is 263 g/mol. The van der Waals surface area contributed by atoms with Crippen LogP contribution in [0.4, 0.5) is 0 Å². The number of hydrogen-bond acceptors (Lipinski definition) is 3. The molecule has 94 valence electrons. The molecule has 0 saturated carbocycles. The van der Waals surface area contributed by atoms with Crippen molar-refractivity contribution >= 4 is 18.5 Å². The first-order valence-corrected chi connectivity index (χ1v) is 8.60. The van der Waals surface area contributed by atoms with Crippen molar-refractivity contribution in [2.45, 2.75) is 59.5 Å². The van der Waals surface area contributed by atoms with Crippen LogP contribution in [0.25, 0.3) is 0 Å². The highest BCUT2D eigenvalue weighted by Gasteiger charge is 2.47. The fourth-order valence-corrected chi connectivity index (χ4v) is 5.49. The molecule has 4 heteroatoms. The third-order valence-electron chi connectivity index (χ3n) is 2.73. The van der Waals surface area contributed by atoms with Crippen molar-refractivity contribution in [2.24, 2.45) is 17.8 Å². The van der Waals surface area contributed by atoms with Crippen LogP contribution >= 0.6 is 6.70 Å². The van der Waals surface area contributed by atoms with Crippen LogP contribution in [-0.2, 0) is 21.3 Å². The third kappa shape index (κ3) is 3.22. The Morgan fingerprint density at radius 1 is 0.812 bits per heavy atom. The minimum atomic E-state index is -0.610. The van der Waals surface area contributed by atoms with Crippen LogP contribution in [0.1, 0.15) is 41.5 Å². The van der Waals surface area contributed by atoms with Crippen LogP contribution in [0, 0.1) is 17.8 Å². The van der Waals surface area contributed by atoms with Gasteiger partial charge in [0.15, 0.2) is 18.1 Å². The van der Waals surface area contributed by atoms with Crippen molar-refractivity contribution in [2.75, 3.05) is 0 Å². The summed E-state index contributed by atoms with van der Waals surface area (Å²) in [5.41, 5.74) is 0. The van der Waals surface area contributed by atoms with Gasteiger partial charge in [-0.2, -0.15) is 0 Å². The van der Waals surface area contributed by atoms with E-state index >= 15 is 0 Å². The Bertz CT molecular complexity index is 233. The van der Waals surface area contributed by atoms with Gasteiger partial charge in [0.05, 0.1) is 0 Å². The lowest BCUT2D eigenvalue weighted by Crippen LogP contribution is -2.40. The molecule has 1 heterocycles. The zero-order valence-electron chi connectivity index (χ0n) is 11.1. The van der Waals surface area contributed by atoms with Crippen LogP contribution in [-0.4, -0.2) is 18.0 Å². The minimum Gasteiger partial charge on any atom is -0.306 e. The topological polar surface area (TPSA) is 18.5 Å². The summed E-state index contributed by atoms with van der Waals surface area (Å²) in [7, 11) is 0. The van der Waals surface area contributed by atoms with Gasteiger partial charge in [-0.1, -0.05) is 41.5 Å². The molecule has 0 N–H and O–H groups in total. The molecule has 0 amide bonds. The van der Waals surface area contributed by atoms with Crippen LogP contribution < -0.4 is 0 Å². The largest absolute Gasteiger partial charge is 0.306 e. The molecule has 0 aromatic rings. The first kappa shape index (κ1) is 14.5. The summed E-state index contributed by atoms with van der Waals surface area (Å²) in [6, 6.07) is 0. The molecule has 1 saturated heterocycles. The lowest BCUT2D eigenvalue weighted by molar-refractivity contribution is -0.210. The van der Waals surface area contributed by atoms with Gasteiger partial charge in [-0.3, -0.25) is 0 Å². The molecule has 0 radical (unpaired) electrons. The maximum Gasteiger partial charge on any atom is 0.238 e. The Labute approximate surface area is 106 Å². The summed E-state index contributed by atoms with van der Waals surface area (Å²) in [5, 5.41) is 0. The molecule has 1 fully saturated rings. The van der Waals surface area contributed by atoms with Gasteiger partial charge in [0.2, 0.25) is 18.4 Å². The van der Waals surface area contributed by atoms with E-state index in [9.17, 15) is 0 Å². The van der Waals surface area contributed by atoms with Gasteiger partial charge < -0.3 is 9.47 Å². The van der Waals surface area contributed by atoms with Crippen molar-refractivity contribution in [3.63, 3.8) is 0 Å². The summed E-state index contributed by atoms with van der Waals surface area (Å²) in [6.45, 7) is 12.4. The van der Waals surface area contributed by atoms with E-state index in [1.165, 1.54) is 0 Å². The van der Waals surface area contributed by atoms with Gasteiger partial charge in [-0.15, -0.1) is 0 Å². The van der Waals surface area contributed by atoms with Crippen molar-refractivity contribution < 1.29 is 9.47 Å². The normalized spacial score (nSPS) is 34.1. The highest BCUT2D eigenvalue weighted by Crippen LogP contribution is 2.48. The van der Waals surface area contributed by atoms with E-state index in [1.807, 2.05) is 0 Å². The number of rotatable bonds is 3.